The van der Waals surface area contributed by atoms with Crippen molar-refractivity contribution in [3.05, 3.63) is 108 Å². The van der Waals surface area contributed by atoms with Gasteiger partial charge < -0.3 is 19.3 Å². The number of pyridine rings is 1. The molecular weight excluding hydrogens is 496 g/mol. The fraction of sp³-hybridized carbons (Fsp3) is 0.194. The predicted molar refractivity (Wildman–Crippen MR) is 145 cm³/mol. The molecule has 8 nitrogen and oxygen atoms in total. The molecule has 4 aromatic rings. The van der Waals surface area contributed by atoms with Gasteiger partial charge >= 0.3 is 12.1 Å². The molecule has 3 aromatic carbocycles. The minimum atomic E-state index is -0.942. The first-order chi connectivity index (χ1) is 18.9. The smallest absolute Gasteiger partial charge is 0.411 e. The van der Waals surface area contributed by atoms with Crippen molar-refractivity contribution in [2.45, 2.75) is 32.0 Å². The lowest BCUT2D eigenvalue weighted by molar-refractivity contribution is -0.136. The van der Waals surface area contributed by atoms with Crippen LogP contribution in [0.4, 0.5) is 4.79 Å². The van der Waals surface area contributed by atoms with E-state index in [0.29, 0.717) is 22.8 Å². The minimum absolute atomic E-state index is 0.147. The molecule has 1 aromatic heterocycles. The van der Waals surface area contributed by atoms with Crippen LogP contribution in [0.2, 0.25) is 0 Å². The van der Waals surface area contributed by atoms with E-state index in [1.54, 1.807) is 35.5 Å². The summed E-state index contributed by atoms with van der Waals surface area (Å²) in [6.45, 7) is 2.21. The number of hydrogen-bond donors (Lipinski definition) is 1. The summed E-state index contributed by atoms with van der Waals surface area (Å²) in [7, 11) is 1.53. The lowest BCUT2D eigenvalue weighted by Crippen LogP contribution is -2.31. The number of aliphatic carboxylic acids is 1. The maximum absolute atomic E-state index is 13.0. The molecule has 0 radical (unpaired) electrons. The average molecular weight is 525 g/mol. The van der Waals surface area contributed by atoms with Crippen LogP contribution >= 0.6 is 0 Å². The molecule has 1 N–H and O–H groups in total. The van der Waals surface area contributed by atoms with E-state index in [0.717, 1.165) is 22.3 Å². The lowest BCUT2D eigenvalue weighted by atomic mass is 10.0. The third-order valence-corrected chi connectivity index (χ3v) is 6.74. The first-order valence-corrected chi connectivity index (χ1v) is 12.5. The number of carbonyl (C=O) groups excluding carboxylic acids is 1. The molecule has 0 spiro atoms. The summed E-state index contributed by atoms with van der Waals surface area (Å²) in [6.07, 6.45) is 2.51. The molecule has 1 aliphatic heterocycles. The van der Waals surface area contributed by atoms with Crippen LogP contribution in [0.5, 0.6) is 17.2 Å². The first-order valence-electron chi connectivity index (χ1n) is 12.5. The number of nitrogens with zero attached hydrogens (tertiary/aromatic N) is 2. The fourth-order valence-corrected chi connectivity index (χ4v) is 4.72. The van der Waals surface area contributed by atoms with E-state index >= 15 is 0 Å². The van der Waals surface area contributed by atoms with E-state index in [-0.39, 0.29) is 25.1 Å². The number of ether oxygens (including phenoxy) is 3. The van der Waals surface area contributed by atoms with Crippen LogP contribution in [0.25, 0.3) is 11.1 Å². The average Bonchev–Trinajstić information content (AvgIpc) is 3.23. The SMILES string of the molecule is COc1ccc(CC(=O)O)cc1Oc1ccc(-c2ccncc2)cc1CN1C(=O)O[C@H](c2ccccc2)[C@@H]1C. The Bertz CT molecular complexity index is 1480. The number of cyclic esters (lactones) is 1. The number of benzene rings is 3. The molecule has 0 bridgehead atoms. The van der Waals surface area contributed by atoms with Gasteiger partial charge in [0.15, 0.2) is 11.5 Å². The highest BCUT2D eigenvalue weighted by Gasteiger charge is 2.40. The summed E-state index contributed by atoms with van der Waals surface area (Å²) in [4.78, 5) is 30.1. The molecule has 39 heavy (non-hydrogen) atoms. The second-order valence-corrected chi connectivity index (χ2v) is 9.30. The molecule has 1 aliphatic rings. The largest absolute Gasteiger partial charge is 0.493 e. The van der Waals surface area contributed by atoms with Gasteiger partial charge in [-0.3, -0.25) is 14.7 Å². The number of rotatable bonds is 9. The van der Waals surface area contributed by atoms with Crippen molar-refractivity contribution in [3.8, 4) is 28.4 Å². The molecule has 5 rings (SSSR count). The highest BCUT2D eigenvalue weighted by Crippen LogP contribution is 2.39. The van der Waals surface area contributed by atoms with Gasteiger partial charge in [-0.2, -0.15) is 0 Å². The van der Waals surface area contributed by atoms with Crippen molar-refractivity contribution >= 4 is 12.1 Å². The summed E-state index contributed by atoms with van der Waals surface area (Å²) in [6, 6.07) is 24.1. The van der Waals surface area contributed by atoms with Gasteiger partial charge in [-0.25, -0.2) is 4.79 Å². The Kier molecular flexibility index (Phi) is 7.45. The van der Waals surface area contributed by atoms with E-state index in [2.05, 4.69) is 4.98 Å². The summed E-state index contributed by atoms with van der Waals surface area (Å²) < 4.78 is 17.6. The third-order valence-electron chi connectivity index (χ3n) is 6.74. The second-order valence-electron chi connectivity index (χ2n) is 9.30. The summed E-state index contributed by atoms with van der Waals surface area (Å²) in [5.74, 6) is 0.421. The van der Waals surface area contributed by atoms with E-state index in [1.807, 2.05) is 67.6 Å². The summed E-state index contributed by atoms with van der Waals surface area (Å²) >= 11 is 0. The lowest BCUT2D eigenvalue weighted by Gasteiger charge is -2.23. The van der Waals surface area contributed by atoms with Crippen molar-refractivity contribution in [3.63, 3.8) is 0 Å². The van der Waals surface area contributed by atoms with Crippen LogP contribution in [0, 0.1) is 0 Å². The molecular formula is C31H28N2O6. The number of amides is 1. The third kappa shape index (κ3) is 5.70. The van der Waals surface area contributed by atoms with Crippen molar-refractivity contribution in [2.75, 3.05) is 7.11 Å². The highest BCUT2D eigenvalue weighted by atomic mass is 16.6. The van der Waals surface area contributed by atoms with E-state index in [1.165, 1.54) is 7.11 Å². The number of carbonyl (C=O) groups is 2. The van der Waals surface area contributed by atoms with E-state index in [9.17, 15) is 14.7 Å². The van der Waals surface area contributed by atoms with Crippen molar-refractivity contribution < 1.29 is 28.9 Å². The number of carboxylic acid groups (broad SMARTS) is 1. The van der Waals surface area contributed by atoms with Crippen LogP contribution in [0.15, 0.2) is 91.3 Å². The minimum Gasteiger partial charge on any atom is -0.493 e. The van der Waals surface area contributed by atoms with Gasteiger partial charge in [-0.15, -0.1) is 0 Å². The number of aromatic nitrogens is 1. The maximum Gasteiger partial charge on any atom is 0.411 e. The van der Waals surface area contributed by atoms with E-state index in [4.69, 9.17) is 14.2 Å². The Morgan fingerprint density at radius 2 is 1.69 bits per heavy atom. The molecule has 2 atom stereocenters. The van der Waals surface area contributed by atoms with Gasteiger partial charge in [0.1, 0.15) is 11.9 Å². The molecule has 2 heterocycles. The zero-order valence-corrected chi connectivity index (χ0v) is 21.6. The molecule has 1 saturated heterocycles. The molecule has 0 aliphatic carbocycles. The number of carboxylic acids is 1. The van der Waals surface area contributed by atoms with Crippen molar-refractivity contribution in [1.82, 2.24) is 9.88 Å². The van der Waals surface area contributed by atoms with Crippen LogP contribution in [-0.4, -0.2) is 40.2 Å². The Hall–Kier alpha value is -4.85. The molecule has 198 valence electrons. The fourth-order valence-electron chi connectivity index (χ4n) is 4.72. The Morgan fingerprint density at radius 3 is 2.41 bits per heavy atom. The number of hydrogen-bond acceptors (Lipinski definition) is 6. The monoisotopic (exact) mass is 524 g/mol. The van der Waals surface area contributed by atoms with Gasteiger partial charge in [0, 0.05) is 18.0 Å². The van der Waals surface area contributed by atoms with Crippen LogP contribution < -0.4 is 9.47 Å². The first kappa shape index (κ1) is 25.8. The predicted octanol–water partition coefficient (Wildman–Crippen LogP) is 6.26. The highest BCUT2D eigenvalue weighted by molar-refractivity contribution is 5.72. The van der Waals surface area contributed by atoms with Crippen LogP contribution in [-0.2, 0) is 22.5 Å². The van der Waals surface area contributed by atoms with Gasteiger partial charge in [0.05, 0.1) is 26.1 Å². The zero-order valence-electron chi connectivity index (χ0n) is 21.6. The molecule has 0 saturated carbocycles. The summed E-state index contributed by atoms with van der Waals surface area (Å²) in [5.41, 5.74) is 4.18. The molecule has 1 amide bonds. The Morgan fingerprint density at radius 1 is 0.949 bits per heavy atom. The van der Waals surface area contributed by atoms with Crippen molar-refractivity contribution in [2.24, 2.45) is 0 Å². The molecule has 8 heteroatoms. The second kappa shape index (κ2) is 11.3. The number of methoxy groups -OCH3 is 1. The van der Waals surface area contributed by atoms with Gasteiger partial charge in [0.25, 0.3) is 0 Å². The zero-order chi connectivity index (χ0) is 27.4. The van der Waals surface area contributed by atoms with Gasteiger partial charge in [-0.05, 0) is 65.6 Å². The van der Waals surface area contributed by atoms with E-state index < -0.39 is 12.1 Å². The van der Waals surface area contributed by atoms with Crippen LogP contribution in [0.1, 0.15) is 29.7 Å². The quantitative estimate of drug-likeness (QED) is 0.276. The summed E-state index contributed by atoms with van der Waals surface area (Å²) in [5, 5.41) is 9.24. The topological polar surface area (TPSA) is 98.2 Å². The Balaban J connectivity index is 1.51. The van der Waals surface area contributed by atoms with Crippen LogP contribution in [0.3, 0.4) is 0 Å². The Labute approximate surface area is 226 Å². The van der Waals surface area contributed by atoms with Crippen molar-refractivity contribution in [1.29, 1.82) is 0 Å². The van der Waals surface area contributed by atoms with Gasteiger partial charge in [-0.1, -0.05) is 42.5 Å². The van der Waals surface area contributed by atoms with Gasteiger partial charge in [0.2, 0.25) is 0 Å². The molecule has 0 unspecified atom stereocenters. The maximum atomic E-state index is 13.0. The standard InChI is InChI=1S/C31H28N2O6/c1-20-30(23-6-4-3-5-7-23)39-31(36)33(20)19-25-18-24(22-12-14-32-15-13-22)9-11-26(25)38-28-16-21(17-29(34)35)8-10-27(28)37-2/h3-16,18,20,30H,17,19H2,1-2H3,(H,34,35)/t20-,30-/m0/s1. The normalized spacial score (nSPS) is 16.6. The molecule has 1 fully saturated rings.